The molecule has 2 heterocycles. The van der Waals surface area contributed by atoms with Gasteiger partial charge in [0.25, 0.3) is 0 Å². The van der Waals surface area contributed by atoms with E-state index in [2.05, 4.69) is 5.32 Å². The minimum Gasteiger partial charge on any atom is -0.493 e. The van der Waals surface area contributed by atoms with Gasteiger partial charge in [0.1, 0.15) is 5.75 Å². The van der Waals surface area contributed by atoms with Gasteiger partial charge in [-0.15, -0.1) is 0 Å². The van der Waals surface area contributed by atoms with E-state index in [-0.39, 0.29) is 18.4 Å². The van der Waals surface area contributed by atoms with Gasteiger partial charge in [0.2, 0.25) is 5.91 Å². The van der Waals surface area contributed by atoms with E-state index in [1.54, 1.807) is 0 Å². The van der Waals surface area contributed by atoms with Crippen LogP contribution in [0.4, 0.5) is 0 Å². The molecule has 23 heavy (non-hydrogen) atoms. The Morgan fingerprint density at radius 3 is 2.87 bits per heavy atom. The molecule has 1 fully saturated rings. The van der Waals surface area contributed by atoms with Crippen LogP contribution in [0.25, 0.3) is 0 Å². The third-order valence-electron chi connectivity index (χ3n) is 4.53. The van der Waals surface area contributed by atoms with Crippen LogP contribution in [-0.4, -0.2) is 36.4 Å². The fraction of sp³-hybridized carbons (Fsp3) is 0.588. The molecule has 0 aliphatic carbocycles. The summed E-state index contributed by atoms with van der Waals surface area (Å²) in [5.74, 6) is 0.653. The predicted molar refractivity (Wildman–Crippen MR) is 86.8 cm³/mol. The highest BCUT2D eigenvalue weighted by Gasteiger charge is 2.33. The molecule has 1 atom stereocenters. The zero-order chi connectivity index (χ0) is 16.4. The number of nitrogens with one attached hydrogen (secondary N) is 1. The Labute approximate surface area is 140 Å². The smallest absolute Gasteiger partial charge is 0.223 e. The van der Waals surface area contributed by atoms with E-state index in [9.17, 15) is 9.90 Å². The first-order chi connectivity index (χ1) is 11.0. The lowest BCUT2D eigenvalue weighted by Crippen LogP contribution is -2.41. The molecule has 0 aromatic heterocycles. The quantitative estimate of drug-likeness (QED) is 0.883. The SMILES string of the molecule is CC(NC(=O)CC1(O)CCOCC1)c1cc(Cl)cc2c1OCC2. The molecule has 3 rings (SSSR count). The van der Waals surface area contributed by atoms with Crippen LogP contribution in [0.5, 0.6) is 5.75 Å². The lowest BCUT2D eigenvalue weighted by atomic mass is 9.90. The van der Waals surface area contributed by atoms with Crippen molar-refractivity contribution in [3.05, 3.63) is 28.3 Å². The van der Waals surface area contributed by atoms with Crippen LogP contribution in [0.3, 0.4) is 0 Å². The Morgan fingerprint density at radius 2 is 2.13 bits per heavy atom. The molecule has 2 aliphatic rings. The van der Waals surface area contributed by atoms with Crippen molar-refractivity contribution in [3.8, 4) is 5.75 Å². The van der Waals surface area contributed by atoms with Crippen molar-refractivity contribution in [2.24, 2.45) is 0 Å². The van der Waals surface area contributed by atoms with Crippen molar-refractivity contribution < 1.29 is 19.4 Å². The summed E-state index contributed by atoms with van der Waals surface area (Å²) < 4.78 is 10.9. The molecule has 126 valence electrons. The van der Waals surface area contributed by atoms with E-state index >= 15 is 0 Å². The summed E-state index contributed by atoms with van der Waals surface area (Å²) >= 11 is 6.16. The number of rotatable bonds is 4. The number of aliphatic hydroxyl groups is 1. The van der Waals surface area contributed by atoms with Gasteiger partial charge in [-0.25, -0.2) is 0 Å². The van der Waals surface area contributed by atoms with E-state index in [4.69, 9.17) is 21.1 Å². The van der Waals surface area contributed by atoms with Crippen molar-refractivity contribution in [1.82, 2.24) is 5.32 Å². The first-order valence-corrected chi connectivity index (χ1v) is 8.39. The zero-order valence-corrected chi connectivity index (χ0v) is 14.0. The van der Waals surface area contributed by atoms with Gasteiger partial charge in [0.05, 0.1) is 24.7 Å². The average Bonchev–Trinajstić information content (AvgIpc) is 2.94. The minimum absolute atomic E-state index is 0.0876. The van der Waals surface area contributed by atoms with Crippen LogP contribution < -0.4 is 10.1 Å². The molecule has 5 nitrogen and oxygen atoms in total. The number of carbonyl (C=O) groups is 1. The molecule has 1 unspecified atom stereocenters. The highest BCUT2D eigenvalue weighted by molar-refractivity contribution is 6.30. The van der Waals surface area contributed by atoms with Gasteiger partial charge in [-0.3, -0.25) is 4.79 Å². The van der Waals surface area contributed by atoms with Crippen LogP contribution in [0.15, 0.2) is 12.1 Å². The number of ether oxygens (including phenoxy) is 2. The lowest BCUT2D eigenvalue weighted by molar-refractivity contribution is -0.131. The minimum atomic E-state index is -0.963. The summed E-state index contributed by atoms with van der Waals surface area (Å²) in [5, 5.41) is 14.0. The average molecular weight is 340 g/mol. The molecule has 6 heteroatoms. The van der Waals surface area contributed by atoms with Crippen LogP contribution in [0, 0.1) is 0 Å². The van der Waals surface area contributed by atoms with Crippen molar-refractivity contribution >= 4 is 17.5 Å². The molecule has 1 saturated heterocycles. The lowest BCUT2D eigenvalue weighted by Gasteiger charge is -2.31. The first-order valence-electron chi connectivity index (χ1n) is 8.01. The van der Waals surface area contributed by atoms with Gasteiger partial charge in [0, 0.05) is 43.1 Å². The number of hydrogen-bond donors (Lipinski definition) is 2. The monoisotopic (exact) mass is 339 g/mol. The van der Waals surface area contributed by atoms with Crippen molar-refractivity contribution in [3.63, 3.8) is 0 Å². The van der Waals surface area contributed by atoms with E-state index in [1.807, 2.05) is 19.1 Å². The number of amides is 1. The van der Waals surface area contributed by atoms with Crippen LogP contribution in [0.2, 0.25) is 5.02 Å². The Hall–Kier alpha value is -1.30. The van der Waals surface area contributed by atoms with Gasteiger partial charge in [-0.05, 0) is 24.6 Å². The van der Waals surface area contributed by atoms with Crippen molar-refractivity contribution in [1.29, 1.82) is 0 Å². The third kappa shape index (κ3) is 3.79. The topological polar surface area (TPSA) is 67.8 Å². The number of benzene rings is 1. The molecular weight excluding hydrogens is 318 g/mol. The summed E-state index contributed by atoms with van der Waals surface area (Å²) in [4.78, 5) is 12.3. The van der Waals surface area contributed by atoms with Crippen molar-refractivity contribution in [2.45, 2.75) is 44.2 Å². The zero-order valence-electron chi connectivity index (χ0n) is 13.2. The van der Waals surface area contributed by atoms with Gasteiger partial charge in [0.15, 0.2) is 0 Å². The molecule has 0 spiro atoms. The summed E-state index contributed by atoms with van der Waals surface area (Å²) in [6.45, 7) is 3.53. The number of fused-ring (bicyclic) bond motifs is 1. The van der Waals surface area contributed by atoms with E-state index in [1.165, 1.54) is 0 Å². The maximum atomic E-state index is 12.3. The Balaban J connectivity index is 1.67. The summed E-state index contributed by atoms with van der Waals surface area (Å²) in [7, 11) is 0. The molecule has 1 aromatic rings. The molecule has 0 saturated carbocycles. The number of hydrogen-bond acceptors (Lipinski definition) is 4. The highest BCUT2D eigenvalue weighted by Crippen LogP contribution is 2.36. The number of carbonyl (C=O) groups excluding carboxylic acids is 1. The molecule has 1 amide bonds. The number of halogens is 1. The molecule has 2 N–H and O–H groups in total. The molecule has 2 aliphatic heterocycles. The standard InChI is InChI=1S/C17H22ClNO4/c1-11(14-9-13(18)8-12-2-5-23-16(12)14)19-15(20)10-17(21)3-6-22-7-4-17/h8-9,11,21H,2-7,10H2,1H3,(H,19,20). The van der Waals surface area contributed by atoms with Gasteiger partial charge < -0.3 is 19.9 Å². The fourth-order valence-corrected chi connectivity index (χ4v) is 3.47. The van der Waals surface area contributed by atoms with E-state index < -0.39 is 5.60 Å². The third-order valence-corrected chi connectivity index (χ3v) is 4.75. The Morgan fingerprint density at radius 1 is 1.39 bits per heavy atom. The van der Waals surface area contributed by atoms with Gasteiger partial charge >= 0.3 is 0 Å². The van der Waals surface area contributed by atoms with Crippen LogP contribution in [-0.2, 0) is 16.0 Å². The van der Waals surface area contributed by atoms with E-state index in [0.717, 1.165) is 23.3 Å². The van der Waals surface area contributed by atoms with Crippen molar-refractivity contribution in [2.75, 3.05) is 19.8 Å². The maximum absolute atomic E-state index is 12.3. The Kier molecular flexibility index (Phi) is 4.80. The second-order valence-corrected chi connectivity index (χ2v) is 6.82. The largest absolute Gasteiger partial charge is 0.493 e. The maximum Gasteiger partial charge on any atom is 0.223 e. The van der Waals surface area contributed by atoms with E-state index in [0.29, 0.717) is 37.7 Å². The molecular formula is C17H22ClNO4. The Bertz CT molecular complexity index is 599. The molecule has 0 radical (unpaired) electrons. The summed E-state index contributed by atoms with van der Waals surface area (Å²) in [6.07, 6.45) is 1.91. The second kappa shape index (κ2) is 6.67. The molecule has 1 aromatic carbocycles. The normalized spacial score (nSPS) is 20.5. The second-order valence-electron chi connectivity index (χ2n) is 6.38. The van der Waals surface area contributed by atoms with Gasteiger partial charge in [-0.2, -0.15) is 0 Å². The molecule has 0 bridgehead atoms. The highest BCUT2D eigenvalue weighted by atomic mass is 35.5. The summed E-state index contributed by atoms with van der Waals surface area (Å²) in [5.41, 5.74) is 1.00. The first kappa shape index (κ1) is 16.6. The van der Waals surface area contributed by atoms with Crippen LogP contribution in [0.1, 0.15) is 43.4 Å². The van der Waals surface area contributed by atoms with Gasteiger partial charge in [-0.1, -0.05) is 11.6 Å². The summed E-state index contributed by atoms with van der Waals surface area (Å²) in [6, 6.07) is 3.52. The predicted octanol–water partition coefficient (Wildman–Crippen LogP) is 2.38. The fourth-order valence-electron chi connectivity index (χ4n) is 3.22. The van der Waals surface area contributed by atoms with Crippen LogP contribution >= 0.6 is 11.6 Å².